The van der Waals surface area contributed by atoms with Crippen LogP contribution in [-0.4, -0.2) is 33.2 Å². The third-order valence-electron chi connectivity index (χ3n) is 0.832. The molecule has 1 radical (unpaired) electrons. The molecular weight excluding hydrogens is 132 g/mol. The number of hydrogen-bond donors (Lipinski definition) is 0. The molecule has 0 saturated heterocycles. The van der Waals surface area contributed by atoms with E-state index in [-0.39, 0.29) is 0 Å². The van der Waals surface area contributed by atoms with Gasteiger partial charge in [0.15, 0.2) is 0 Å². The Morgan fingerprint density at radius 2 is 2.30 bits per heavy atom. The molecule has 0 aromatic heterocycles. The van der Waals surface area contributed by atoms with Crippen LogP contribution in [0.25, 0.3) is 0 Å². The Morgan fingerprint density at radius 3 is 2.90 bits per heavy atom. The molecule has 0 fully saturated rings. The van der Waals surface area contributed by atoms with E-state index in [1.165, 1.54) is 6.08 Å². The first-order chi connectivity index (χ1) is 4.91. The second-order valence-electron chi connectivity index (χ2n) is 1.59. The molecule has 0 aliphatic heterocycles. The van der Waals surface area contributed by atoms with Crippen molar-refractivity contribution in [3.63, 3.8) is 0 Å². The molecule has 0 aliphatic carbocycles. The van der Waals surface area contributed by atoms with Crippen LogP contribution in [0.4, 0.5) is 0 Å². The number of methoxy groups -OCH3 is 1. The minimum Gasteiger partial charge on any atom is -0.382 e. The van der Waals surface area contributed by atoms with Crippen LogP contribution in [0, 0.1) is 0 Å². The van der Waals surface area contributed by atoms with Gasteiger partial charge in [0.05, 0.1) is 19.8 Å². The normalized spacial score (nSPS) is 10.5. The lowest BCUT2D eigenvalue weighted by molar-refractivity contribution is 0.0853. The quantitative estimate of drug-likeness (QED) is 0.396. The lowest BCUT2D eigenvalue weighted by atomic mass is 10.5. The standard InChI is InChI=1S/C7H11O3/c1-9-6-7-10-5-3-2-4-8/h2-3H,5-7H2,1H3. The maximum absolute atomic E-state index is 9.60. The predicted molar refractivity (Wildman–Crippen MR) is 37.5 cm³/mol. The van der Waals surface area contributed by atoms with Gasteiger partial charge < -0.3 is 9.47 Å². The molecular formula is C7H11O3. The maximum atomic E-state index is 9.60. The minimum atomic E-state index is 0.443. The summed E-state index contributed by atoms with van der Waals surface area (Å²) in [5.74, 6) is 0. The summed E-state index contributed by atoms with van der Waals surface area (Å²) in [6.07, 6.45) is 4.50. The molecule has 0 unspecified atom stereocenters. The fraction of sp³-hybridized carbons (Fsp3) is 0.571. The van der Waals surface area contributed by atoms with E-state index in [1.807, 2.05) is 0 Å². The van der Waals surface area contributed by atoms with Gasteiger partial charge in [-0.1, -0.05) is 6.08 Å². The summed E-state index contributed by atoms with van der Waals surface area (Å²) in [5.41, 5.74) is 0. The summed E-state index contributed by atoms with van der Waals surface area (Å²) in [7, 11) is 1.61. The van der Waals surface area contributed by atoms with Crippen LogP contribution in [0.3, 0.4) is 0 Å². The van der Waals surface area contributed by atoms with E-state index in [2.05, 4.69) is 0 Å². The van der Waals surface area contributed by atoms with Crippen LogP contribution in [0.5, 0.6) is 0 Å². The highest BCUT2D eigenvalue weighted by atomic mass is 16.5. The van der Waals surface area contributed by atoms with E-state index in [9.17, 15) is 4.79 Å². The van der Waals surface area contributed by atoms with Crippen LogP contribution in [0.1, 0.15) is 0 Å². The van der Waals surface area contributed by atoms with Crippen molar-refractivity contribution in [3.05, 3.63) is 12.2 Å². The number of allylic oxidation sites excluding steroid dienone is 1. The van der Waals surface area contributed by atoms with Gasteiger partial charge in [0.2, 0.25) is 6.29 Å². The van der Waals surface area contributed by atoms with Crippen LogP contribution in [0.2, 0.25) is 0 Å². The summed E-state index contributed by atoms with van der Waals surface area (Å²) in [4.78, 5) is 9.60. The summed E-state index contributed by atoms with van der Waals surface area (Å²) < 4.78 is 9.71. The monoisotopic (exact) mass is 143 g/mol. The van der Waals surface area contributed by atoms with Crippen LogP contribution < -0.4 is 0 Å². The van der Waals surface area contributed by atoms with E-state index < -0.39 is 0 Å². The molecule has 3 heteroatoms. The van der Waals surface area contributed by atoms with Crippen molar-refractivity contribution in [2.45, 2.75) is 0 Å². The van der Waals surface area contributed by atoms with Crippen molar-refractivity contribution in [1.29, 1.82) is 0 Å². The molecule has 57 valence electrons. The Morgan fingerprint density at radius 1 is 1.50 bits per heavy atom. The van der Waals surface area contributed by atoms with Gasteiger partial charge in [-0.05, 0) is 6.08 Å². The maximum Gasteiger partial charge on any atom is 0.225 e. The van der Waals surface area contributed by atoms with Gasteiger partial charge in [0, 0.05) is 7.11 Å². The Bertz CT molecular complexity index is 99.0. The van der Waals surface area contributed by atoms with Gasteiger partial charge in [-0.15, -0.1) is 0 Å². The second kappa shape index (κ2) is 8.33. The molecule has 0 aliphatic rings. The van der Waals surface area contributed by atoms with Crippen LogP contribution in [-0.2, 0) is 14.3 Å². The molecule has 0 aromatic carbocycles. The second-order valence-corrected chi connectivity index (χ2v) is 1.59. The summed E-state index contributed by atoms with van der Waals surface area (Å²) >= 11 is 0. The summed E-state index contributed by atoms with van der Waals surface area (Å²) in [5, 5.41) is 0. The third kappa shape index (κ3) is 7.33. The lowest BCUT2D eigenvalue weighted by Gasteiger charge is -1.97. The van der Waals surface area contributed by atoms with Crippen molar-refractivity contribution >= 4 is 6.29 Å². The van der Waals surface area contributed by atoms with Crippen molar-refractivity contribution in [2.24, 2.45) is 0 Å². The van der Waals surface area contributed by atoms with Gasteiger partial charge in [-0.25, -0.2) is 0 Å². The van der Waals surface area contributed by atoms with Crippen molar-refractivity contribution in [2.75, 3.05) is 26.9 Å². The molecule has 0 bridgehead atoms. The minimum absolute atomic E-state index is 0.443. The number of rotatable bonds is 6. The van der Waals surface area contributed by atoms with Gasteiger partial charge in [0.1, 0.15) is 0 Å². The molecule has 0 heterocycles. The van der Waals surface area contributed by atoms with Gasteiger partial charge in [0.25, 0.3) is 0 Å². The first-order valence-corrected chi connectivity index (χ1v) is 3.01. The number of carbonyl (C=O) groups excluding carboxylic acids is 1. The molecule has 0 saturated carbocycles. The molecule has 0 aromatic rings. The molecule has 0 spiro atoms. The Kier molecular flexibility index (Phi) is 7.77. The van der Waals surface area contributed by atoms with E-state index in [4.69, 9.17) is 9.47 Å². The topological polar surface area (TPSA) is 35.5 Å². The molecule has 0 N–H and O–H groups in total. The first kappa shape index (κ1) is 9.33. The average molecular weight is 143 g/mol. The smallest absolute Gasteiger partial charge is 0.225 e. The zero-order valence-corrected chi connectivity index (χ0v) is 6.00. The van der Waals surface area contributed by atoms with E-state index in [1.54, 1.807) is 19.5 Å². The van der Waals surface area contributed by atoms with Gasteiger partial charge in [-0.2, -0.15) is 0 Å². The Balaban J connectivity index is 2.90. The van der Waals surface area contributed by atoms with E-state index in [0.29, 0.717) is 19.8 Å². The highest BCUT2D eigenvalue weighted by Gasteiger charge is 1.81. The third-order valence-corrected chi connectivity index (χ3v) is 0.832. The zero-order chi connectivity index (χ0) is 7.66. The van der Waals surface area contributed by atoms with Crippen molar-refractivity contribution in [3.8, 4) is 0 Å². The Labute approximate surface area is 60.6 Å². The molecule has 0 rings (SSSR count). The van der Waals surface area contributed by atoms with Crippen LogP contribution in [0.15, 0.2) is 12.2 Å². The lowest BCUT2D eigenvalue weighted by Crippen LogP contribution is -2.01. The molecule has 10 heavy (non-hydrogen) atoms. The molecule has 0 atom stereocenters. The Hall–Kier alpha value is -0.670. The number of ether oxygens (including phenoxy) is 2. The fourth-order valence-corrected chi connectivity index (χ4v) is 0.390. The summed E-state index contributed by atoms with van der Waals surface area (Å²) in [6, 6.07) is 0. The average Bonchev–Trinajstić information content (AvgIpc) is 1.97. The van der Waals surface area contributed by atoms with Gasteiger partial charge in [-0.3, -0.25) is 4.79 Å². The fourth-order valence-electron chi connectivity index (χ4n) is 0.390. The zero-order valence-electron chi connectivity index (χ0n) is 6.00. The SMILES string of the molecule is COCCOCC=C[C]=O. The van der Waals surface area contributed by atoms with E-state index >= 15 is 0 Å². The molecule has 3 nitrogen and oxygen atoms in total. The molecule has 0 amide bonds. The van der Waals surface area contributed by atoms with E-state index in [0.717, 1.165) is 0 Å². The largest absolute Gasteiger partial charge is 0.382 e. The van der Waals surface area contributed by atoms with Crippen molar-refractivity contribution < 1.29 is 14.3 Å². The number of hydrogen-bond acceptors (Lipinski definition) is 3. The first-order valence-electron chi connectivity index (χ1n) is 3.01. The predicted octanol–water partition coefficient (Wildman–Crippen LogP) is 0.315. The highest BCUT2D eigenvalue weighted by molar-refractivity contribution is 5.65. The summed E-state index contributed by atoms with van der Waals surface area (Å²) in [6.45, 7) is 1.58. The highest BCUT2D eigenvalue weighted by Crippen LogP contribution is 1.76. The van der Waals surface area contributed by atoms with Crippen LogP contribution >= 0.6 is 0 Å². The van der Waals surface area contributed by atoms with Gasteiger partial charge >= 0.3 is 0 Å². The van der Waals surface area contributed by atoms with Crippen molar-refractivity contribution in [1.82, 2.24) is 0 Å².